The van der Waals surface area contributed by atoms with Gasteiger partial charge in [-0.2, -0.15) is 13.2 Å². The minimum absolute atomic E-state index is 0.134. The second kappa shape index (κ2) is 3.43. The predicted octanol–water partition coefficient (Wildman–Crippen LogP) is 1.34. The highest BCUT2D eigenvalue weighted by Gasteiger charge is 2.35. The molecule has 3 nitrogen and oxygen atoms in total. The molecule has 13 heavy (non-hydrogen) atoms. The van der Waals surface area contributed by atoms with E-state index in [9.17, 15) is 18.0 Å². The molecule has 1 unspecified atom stereocenters. The maximum absolute atomic E-state index is 11.9. The summed E-state index contributed by atoms with van der Waals surface area (Å²) in [6, 6.07) is -0.635. The largest absolute Gasteiger partial charge is 0.389 e. The molecule has 1 fully saturated rings. The Kier molecular flexibility index (Phi) is 2.68. The van der Waals surface area contributed by atoms with E-state index in [1.807, 2.05) is 0 Å². The van der Waals surface area contributed by atoms with Gasteiger partial charge < -0.3 is 10.6 Å². The Hall–Kier alpha value is -0.940. The van der Waals surface area contributed by atoms with Gasteiger partial charge in [-0.1, -0.05) is 0 Å². The maximum atomic E-state index is 11.9. The van der Waals surface area contributed by atoms with Crippen LogP contribution in [0.25, 0.3) is 0 Å². The molecule has 1 rings (SSSR count). The lowest BCUT2D eigenvalue weighted by Gasteiger charge is -2.14. The van der Waals surface area contributed by atoms with E-state index in [0.717, 1.165) is 0 Å². The molecule has 2 N–H and O–H groups in total. The number of halogens is 3. The maximum Gasteiger partial charge on any atom is 0.389 e. The standard InChI is InChI=1S/C7H11F3N2O/c8-7(9,10)3-5-1-2-12(4-5)6(11)13/h5H,1-4H2,(H2,11,13). The quantitative estimate of drug-likeness (QED) is 0.675. The van der Waals surface area contributed by atoms with E-state index >= 15 is 0 Å². The van der Waals surface area contributed by atoms with E-state index in [-0.39, 0.29) is 6.54 Å². The molecule has 1 aliphatic rings. The molecule has 76 valence electrons. The van der Waals surface area contributed by atoms with Crippen LogP contribution in [0, 0.1) is 5.92 Å². The summed E-state index contributed by atoms with van der Waals surface area (Å²) < 4.78 is 35.7. The van der Waals surface area contributed by atoms with Crippen LogP contribution in [0.5, 0.6) is 0 Å². The fraction of sp³-hybridized carbons (Fsp3) is 0.857. The third kappa shape index (κ3) is 3.12. The Morgan fingerprint density at radius 1 is 1.54 bits per heavy atom. The second-order valence-electron chi connectivity index (χ2n) is 3.26. The summed E-state index contributed by atoms with van der Waals surface area (Å²) in [6.45, 7) is 0.477. The molecule has 1 atom stereocenters. The number of hydrogen-bond donors (Lipinski definition) is 1. The topological polar surface area (TPSA) is 46.3 Å². The first-order valence-corrected chi connectivity index (χ1v) is 3.99. The van der Waals surface area contributed by atoms with Crippen LogP contribution >= 0.6 is 0 Å². The number of rotatable bonds is 1. The van der Waals surface area contributed by atoms with Gasteiger partial charge in [0.2, 0.25) is 0 Å². The van der Waals surface area contributed by atoms with Crippen molar-refractivity contribution in [1.82, 2.24) is 4.90 Å². The summed E-state index contributed by atoms with van der Waals surface area (Å²) in [4.78, 5) is 11.8. The molecular weight excluding hydrogens is 185 g/mol. The molecule has 0 saturated carbocycles. The number of alkyl halides is 3. The van der Waals surface area contributed by atoms with Gasteiger partial charge in [-0.25, -0.2) is 4.79 Å². The first-order valence-electron chi connectivity index (χ1n) is 3.99. The van der Waals surface area contributed by atoms with Crippen molar-refractivity contribution in [3.05, 3.63) is 0 Å². The van der Waals surface area contributed by atoms with Gasteiger partial charge in [0, 0.05) is 19.5 Å². The molecule has 0 aliphatic carbocycles. The Balaban J connectivity index is 2.38. The fourth-order valence-electron chi connectivity index (χ4n) is 1.53. The number of primary amides is 1. The van der Waals surface area contributed by atoms with Crippen molar-refractivity contribution < 1.29 is 18.0 Å². The number of nitrogens with two attached hydrogens (primary N) is 1. The van der Waals surface area contributed by atoms with E-state index in [0.29, 0.717) is 13.0 Å². The Bertz CT molecular complexity index is 204. The van der Waals surface area contributed by atoms with E-state index in [1.165, 1.54) is 4.90 Å². The van der Waals surface area contributed by atoms with Gasteiger partial charge in [0.05, 0.1) is 0 Å². The minimum atomic E-state index is -4.14. The summed E-state index contributed by atoms with van der Waals surface area (Å²) >= 11 is 0. The lowest BCUT2D eigenvalue weighted by Crippen LogP contribution is -2.33. The second-order valence-corrected chi connectivity index (χ2v) is 3.26. The van der Waals surface area contributed by atoms with Crippen LogP contribution < -0.4 is 5.73 Å². The number of nitrogens with zero attached hydrogens (tertiary/aromatic N) is 1. The van der Waals surface area contributed by atoms with Gasteiger partial charge in [-0.05, 0) is 12.3 Å². The van der Waals surface area contributed by atoms with Gasteiger partial charge in [-0.3, -0.25) is 0 Å². The van der Waals surface area contributed by atoms with Crippen molar-refractivity contribution in [2.24, 2.45) is 11.7 Å². The molecule has 6 heteroatoms. The molecule has 0 spiro atoms. The zero-order chi connectivity index (χ0) is 10.1. The van der Waals surface area contributed by atoms with Crippen LogP contribution in [0.4, 0.5) is 18.0 Å². The van der Waals surface area contributed by atoms with Crippen LogP contribution in [0.2, 0.25) is 0 Å². The first-order chi connectivity index (χ1) is 5.88. The Morgan fingerprint density at radius 2 is 2.15 bits per heavy atom. The number of likely N-dealkylation sites (tertiary alicyclic amines) is 1. The van der Waals surface area contributed by atoms with E-state index in [1.54, 1.807) is 0 Å². The molecular formula is C7H11F3N2O. The molecule has 0 aromatic carbocycles. The SMILES string of the molecule is NC(=O)N1CCC(CC(F)(F)F)C1. The highest BCUT2D eigenvalue weighted by Crippen LogP contribution is 2.30. The summed E-state index contributed by atoms with van der Waals surface area (Å²) in [7, 11) is 0. The number of carbonyl (C=O) groups is 1. The van der Waals surface area contributed by atoms with E-state index in [2.05, 4.69) is 0 Å². The lowest BCUT2D eigenvalue weighted by atomic mass is 10.1. The summed E-state index contributed by atoms with van der Waals surface area (Å²) in [5, 5.41) is 0. The average Bonchev–Trinajstić information content (AvgIpc) is 2.31. The molecule has 2 amide bonds. The molecule has 0 aromatic heterocycles. The minimum Gasteiger partial charge on any atom is -0.351 e. The van der Waals surface area contributed by atoms with Gasteiger partial charge in [0.1, 0.15) is 0 Å². The summed E-state index contributed by atoms with van der Waals surface area (Å²) in [5.74, 6) is -0.479. The molecule has 0 aromatic rings. The van der Waals surface area contributed by atoms with Gasteiger partial charge in [0.15, 0.2) is 0 Å². The number of amides is 2. The smallest absolute Gasteiger partial charge is 0.351 e. The van der Waals surface area contributed by atoms with Crippen molar-refractivity contribution in [3.8, 4) is 0 Å². The molecule has 1 saturated heterocycles. The number of urea groups is 1. The highest BCUT2D eigenvalue weighted by atomic mass is 19.4. The van der Waals surface area contributed by atoms with Crippen molar-refractivity contribution in [1.29, 1.82) is 0 Å². The molecule has 0 bridgehead atoms. The summed E-state index contributed by atoms with van der Waals surface area (Å²) in [5.41, 5.74) is 4.93. The first kappa shape index (κ1) is 10.1. The van der Waals surface area contributed by atoms with Crippen LogP contribution in [-0.4, -0.2) is 30.2 Å². The van der Waals surface area contributed by atoms with Crippen LogP contribution in [0.15, 0.2) is 0 Å². The third-order valence-electron chi connectivity index (χ3n) is 2.12. The Labute approximate surface area is 73.7 Å². The number of hydrogen-bond acceptors (Lipinski definition) is 1. The zero-order valence-corrected chi connectivity index (χ0v) is 6.97. The van der Waals surface area contributed by atoms with E-state index < -0.39 is 24.5 Å². The van der Waals surface area contributed by atoms with Crippen LogP contribution in [0.1, 0.15) is 12.8 Å². The van der Waals surface area contributed by atoms with Gasteiger partial charge >= 0.3 is 12.2 Å². The molecule has 0 radical (unpaired) electrons. The van der Waals surface area contributed by atoms with Crippen molar-refractivity contribution in [3.63, 3.8) is 0 Å². The predicted molar refractivity (Wildman–Crippen MR) is 39.9 cm³/mol. The average molecular weight is 196 g/mol. The zero-order valence-electron chi connectivity index (χ0n) is 6.97. The molecule has 1 aliphatic heterocycles. The number of carbonyl (C=O) groups excluding carboxylic acids is 1. The highest BCUT2D eigenvalue weighted by molar-refractivity contribution is 5.72. The third-order valence-corrected chi connectivity index (χ3v) is 2.12. The monoisotopic (exact) mass is 196 g/mol. The Morgan fingerprint density at radius 3 is 2.54 bits per heavy atom. The van der Waals surface area contributed by atoms with Crippen molar-refractivity contribution >= 4 is 6.03 Å². The van der Waals surface area contributed by atoms with Crippen LogP contribution in [-0.2, 0) is 0 Å². The van der Waals surface area contributed by atoms with Crippen molar-refractivity contribution in [2.45, 2.75) is 19.0 Å². The van der Waals surface area contributed by atoms with Gasteiger partial charge in [0.25, 0.3) is 0 Å². The fourth-order valence-corrected chi connectivity index (χ4v) is 1.53. The van der Waals surface area contributed by atoms with Crippen LogP contribution in [0.3, 0.4) is 0 Å². The van der Waals surface area contributed by atoms with E-state index in [4.69, 9.17) is 5.73 Å². The van der Waals surface area contributed by atoms with Gasteiger partial charge in [-0.15, -0.1) is 0 Å². The van der Waals surface area contributed by atoms with Crippen molar-refractivity contribution in [2.75, 3.05) is 13.1 Å². The molecule has 1 heterocycles. The lowest BCUT2D eigenvalue weighted by molar-refractivity contribution is -0.143. The normalized spacial score (nSPS) is 23.6. The summed E-state index contributed by atoms with van der Waals surface area (Å²) in [6.07, 6.45) is -4.57.